The van der Waals surface area contributed by atoms with Crippen molar-refractivity contribution in [2.75, 3.05) is 7.11 Å². The smallest absolute Gasteiger partial charge is 0.416 e. The number of thiophene rings is 1. The molecule has 2 aromatic heterocycles. The van der Waals surface area contributed by atoms with Crippen LogP contribution in [0.15, 0.2) is 58.1 Å². The van der Waals surface area contributed by atoms with Gasteiger partial charge >= 0.3 is 11.9 Å². The first-order valence-electron chi connectivity index (χ1n) is 11.5. The zero-order valence-corrected chi connectivity index (χ0v) is 21.1. The van der Waals surface area contributed by atoms with E-state index in [4.69, 9.17) is 9.47 Å². The lowest BCUT2D eigenvalue weighted by atomic mass is 10.1. The monoisotopic (exact) mass is 534 g/mol. The summed E-state index contributed by atoms with van der Waals surface area (Å²) in [5.41, 5.74) is 0.392. The summed E-state index contributed by atoms with van der Waals surface area (Å²) in [6.45, 7) is 2.62. The highest BCUT2D eigenvalue weighted by molar-refractivity contribution is 7.22. The SMILES string of the molecule is CCC(Oc1ccc(-c2sc3c(c2C)c(=O)[nH]c(=O)n3C[C@@H](O)C(F)(F)F)cc1OC)c1ccccc1. The maximum Gasteiger partial charge on any atom is 0.416 e. The molecule has 4 aromatic rings. The number of nitrogens with zero attached hydrogens (tertiary/aromatic N) is 1. The number of methoxy groups -OCH3 is 1. The number of ether oxygens (including phenoxy) is 2. The molecule has 4 rings (SSSR count). The minimum atomic E-state index is -4.92. The van der Waals surface area contributed by atoms with E-state index in [1.54, 1.807) is 25.1 Å². The molecule has 0 fully saturated rings. The predicted molar refractivity (Wildman–Crippen MR) is 136 cm³/mol. The summed E-state index contributed by atoms with van der Waals surface area (Å²) in [6.07, 6.45) is -7.18. The van der Waals surface area contributed by atoms with E-state index in [9.17, 15) is 27.9 Å². The molecule has 0 saturated carbocycles. The lowest BCUT2D eigenvalue weighted by Gasteiger charge is -2.20. The van der Waals surface area contributed by atoms with Gasteiger partial charge in [-0.15, -0.1) is 11.3 Å². The van der Waals surface area contributed by atoms with Crippen LogP contribution < -0.4 is 20.7 Å². The van der Waals surface area contributed by atoms with Gasteiger partial charge in [0.1, 0.15) is 10.9 Å². The molecule has 2 N–H and O–H groups in total. The normalized spacial score (nSPS) is 13.5. The number of aliphatic hydroxyl groups is 1. The zero-order chi connectivity index (χ0) is 26.9. The van der Waals surface area contributed by atoms with Gasteiger partial charge in [-0.1, -0.05) is 37.3 Å². The van der Waals surface area contributed by atoms with Gasteiger partial charge in [-0.3, -0.25) is 14.3 Å². The van der Waals surface area contributed by atoms with Crippen molar-refractivity contribution in [3.8, 4) is 21.9 Å². The van der Waals surface area contributed by atoms with Gasteiger partial charge in [0.2, 0.25) is 0 Å². The number of rotatable bonds is 8. The van der Waals surface area contributed by atoms with E-state index in [1.807, 2.05) is 37.3 Å². The zero-order valence-electron chi connectivity index (χ0n) is 20.3. The Morgan fingerprint density at radius 2 is 1.81 bits per heavy atom. The standard InChI is InChI=1S/C26H25F3N2O5S/c1-4-17(15-8-6-5-7-9-15)36-18-11-10-16(12-19(18)35-3)22-14(2)21-23(33)30-25(34)31(24(21)37-22)13-20(32)26(27,28)29/h5-12,17,20,32H,4,13H2,1-3H3,(H,30,33,34)/t17?,20-/m1/s1. The molecule has 0 radical (unpaired) electrons. The Bertz CT molecular complexity index is 1530. The van der Waals surface area contributed by atoms with E-state index in [0.717, 1.165) is 21.5 Å². The van der Waals surface area contributed by atoms with Crippen LogP contribution in [0.25, 0.3) is 20.7 Å². The van der Waals surface area contributed by atoms with Crippen LogP contribution in [0.1, 0.15) is 30.6 Å². The van der Waals surface area contributed by atoms with Gasteiger partial charge in [0.25, 0.3) is 5.56 Å². The molecule has 196 valence electrons. The summed E-state index contributed by atoms with van der Waals surface area (Å²) in [5, 5.41) is 9.64. The van der Waals surface area contributed by atoms with Crippen molar-refractivity contribution in [3.05, 3.63) is 80.5 Å². The molecule has 0 aliphatic heterocycles. The molecule has 0 spiro atoms. The summed E-state index contributed by atoms with van der Waals surface area (Å²) < 4.78 is 51.5. The number of aromatic nitrogens is 2. The van der Waals surface area contributed by atoms with Crippen LogP contribution in [0.5, 0.6) is 11.5 Å². The number of fused-ring (bicyclic) bond motifs is 1. The van der Waals surface area contributed by atoms with Crippen molar-refractivity contribution in [3.63, 3.8) is 0 Å². The predicted octanol–water partition coefficient (Wildman–Crippen LogP) is 5.19. The van der Waals surface area contributed by atoms with Crippen molar-refractivity contribution in [2.24, 2.45) is 0 Å². The minimum absolute atomic E-state index is 0.0407. The third-order valence-corrected chi connectivity index (χ3v) is 7.40. The number of hydrogen-bond donors (Lipinski definition) is 2. The van der Waals surface area contributed by atoms with Crippen molar-refractivity contribution in [1.29, 1.82) is 0 Å². The molecule has 0 saturated heterocycles. The van der Waals surface area contributed by atoms with Gasteiger partial charge in [0, 0.05) is 4.88 Å². The molecule has 2 atom stereocenters. The van der Waals surface area contributed by atoms with Crippen molar-refractivity contribution in [1.82, 2.24) is 9.55 Å². The average molecular weight is 535 g/mol. The van der Waals surface area contributed by atoms with Gasteiger partial charge in [-0.25, -0.2) is 4.79 Å². The Morgan fingerprint density at radius 3 is 2.43 bits per heavy atom. The van der Waals surface area contributed by atoms with Gasteiger partial charge in [-0.2, -0.15) is 13.2 Å². The second-order valence-electron chi connectivity index (χ2n) is 8.45. The Morgan fingerprint density at radius 1 is 1.11 bits per heavy atom. The van der Waals surface area contributed by atoms with Crippen LogP contribution in [0, 0.1) is 6.92 Å². The highest BCUT2D eigenvalue weighted by Gasteiger charge is 2.39. The van der Waals surface area contributed by atoms with E-state index >= 15 is 0 Å². The van der Waals surface area contributed by atoms with Crippen LogP contribution in [-0.4, -0.2) is 34.0 Å². The first-order chi connectivity index (χ1) is 17.5. The Balaban J connectivity index is 1.77. The highest BCUT2D eigenvalue weighted by Crippen LogP contribution is 2.41. The number of nitrogens with one attached hydrogen (secondary N) is 1. The second-order valence-corrected chi connectivity index (χ2v) is 9.45. The molecule has 1 unspecified atom stereocenters. The topological polar surface area (TPSA) is 93.6 Å². The number of alkyl halides is 3. The number of aliphatic hydroxyl groups excluding tert-OH is 1. The third-order valence-electron chi connectivity index (χ3n) is 6.04. The largest absolute Gasteiger partial charge is 0.493 e. The number of benzene rings is 2. The van der Waals surface area contributed by atoms with Crippen LogP contribution in [0.2, 0.25) is 0 Å². The number of halogens is 3. The van der Waals surface area contributed by atoms with Gasteiger partial charge in [0.15, 0.2) is 17.6 Å². The third kappa shape index (κ3) is 5.28. The number of hydrogen-bond acceptors (Lipinski definition) is 6. The van der Waals surface area contributed by atoms with Crippen LogP contribution >= 0.6 is 11.3 Å². The molecule has 0 aliphatic rings. The molecule has 2 heterocycles. The Kier molecular flexibility index (Phi) is 7.47. The van der Waals surface area contributed by atoms with E-state index in [2.05, 4.69) is 4.98 Å². The Hall–Kier alpha value is -3.57. The average Bonchev–Trinajstić information content (AvgIpc) is 3.22. The lowest BCUT2D eigenvalue weighted by molar-refractivity contribution is -0.207. The van der Waals surface area contributed by atoms with Gasteiger partial charge < -0.3 is 14.6 Å². The lowest BCUT2D eigenvalue weighted by Crippen LogP contribution is -2.38. The van der Waals surface area contributed by atoms with Crippen LogP contribution in [0.3, 0.4) is 0 Å². The fourth-order valence-electron chi connectivity index (χ4n) is 4.11. The molecule has 0 bridgehead atoms. The molecule has 2 aromatic carbocycles. The maximum absolute atomic E-state index is 13.0. The maximum atomic E-state index is 13.0. The van der Waals surface area contributed by atoms with E-state index in [0.29, 0.717) is 33.9 Å². The summed E-state index contributed by atoms with van der Waals surface area (Å²) in [4.78, 5) is 27.6. The van der Waals surface area contributed by atoms with Gasteiger partial charge in [0.05, 0.1) is 19.0 Å². The molecular weight excluding hydrogens is 509 g/mol. The molecular formula is C26H25F3N2O5S. The first kappa shape index (κ1) is 26.5. The minimum Gasteiger partial charge on any atom is -0.493 e. The quantitative estimate of drug-likeness (QED) is 0.325. The molecule has 7 nitrogen and oxygen atoms in total. The Labute approximate surface area is 213 Å². The van der Waals surface area contributed by atoms with Crippen molar-refractivity contribution >= 4 is 21.6 Å². The van der Waals surface area contributed by atoms with E-state index in [1.165, 1.54) is 7.11 Å². The van der Waals surface area contributed by atoms with Gasteiger partial charge in [-0.05, 0) is 48.2 Å². The molecule has 37 heavy (non-hydrogen) atoms. The summed E-state index contributed by atoms with van der Waals surface area (Å²) in [7, 11) is 1.49. The second kappa shape index (κ2) is 10.4. The summed E-state index contributed by atoms with van der Waals surface area (Å²) in [6, 6.07) is 14.9. The number of aryl methyl sites for hydroxylation is 1. The number of H-pyrrole nitrogens is 1. The van der Waals surface area contributed by atoms with Crippen molar-refractivity contribution < 1.29 is 27.8 Å². The molecule has 11 heteroatoms. The fraction of sp³-hybridized carbons (Fsp3) is 0.308. The van der Waals surface area contributed by atoms with Crippen molar-refractivity contribution in [2.45, 2.75) is 45.2 Å². The summed E-state index contributed by atoms with van der Waals surface area (Å²) >= 11 is 0.993. The fourth-order valence-corrected chi connectivity index (χ4v) is 5.42. The molecule has 0 aliphatic carbocycles. The molecule has 0 amide bonds. The van der Waals surface area contributed by atoms with Crippen LogP contribution in [-0.2, 0) is 6.54 Å². The van der Waals surface area contributed by atoms with E-state index in [-0.39, 0.29) is 16.3 Å². The highest BCUT2D eigenvalue weighted by atomic mass is 32.1. The summed E-state index contributed by atoms with van der Waals surface area (Å²) in [5.74, 6) is 0.936. The van der Waals surface area contributed by atoms with Crippen LogP contribution in [0.4, 0.5) is 13.2 Å². The number of aromatic amines is 1. The first-order valence-corrected chi connectivity index (χ1v) is 12.3. The van der Waals surface area contributed by atoms with E-state index < -0.39 is 30.1 Å².